The lowest BCUT2D eigenvalue weighted by Crippen LogP contribution is -2.41. The molecule has 2 aromatic carbocycles. The van der Waals surface area contributed by atoms with E-state index in [1.54, 1.807) is 19.1 Å². The Morgan fingerprint density at radius 3 is 2.25 bits per heavy atom. The van der Waals surface area contributed by atoms with E-state index in [9.17, 15) is 9.67 Å². The number of rotatable bonds is 8. The third kappa shape index (κ3) is 4.23. The molecule has 1 aliphatic heterocycles. The Hall–Kier alpha value is -1.53. The van der Waals surface area contributed by atoms with Gasteiger partial charge in [-0.1, -0.05) is 55.5 Å². The van der Waals surface area contributed by atoms with Crippen molar-refractivity contribution < 1.29 is 28.4 Å². The monoisotopic (exact) mass is 406 g/mol. The van der Waals surface area contributed by atoms with Crippen molar-refractivity contribution in [2.45, 2.75) is 43.8 Å². The summed E-state index contributed by atoms with van der Waals surface area (Å²) in [4.78, 5) is 0. The van der Waals surface area contributed by atoms with Gasteiger partial charge in [-0.3, -0.25) is 4.57 Å². The number of ether oxygens (including phenoxy) is 3. The molecule has 1 N–H and O–H groups in total. The molecule has 3 rings (SSSR count). The van der Waals surface area contributed by atoms with Crippen LogP contribution in [-0.4, -0.2) is 49.6 Å². The fourth-order valence-corrected chi connectivity index (χ4v) is 5.77. The topological polar surface area (TPSA) is 74.2 Å². The Balaban J connectivity index is 1.84. The summed E-state index contributed by atoms with van der Waals surface area (Å²) in [6.07, 6.45) is -3.21. The van der Waals surface area contributed by atoms with Crippen molar-refractivity contribution in [1.29, 1.82) is 0 Å². The second-order valence-corrected chi connectivity index (χ2v) is 9.70. The van der Waals surface area contributed by atoms with Crippen molar-refractivity contribution >= 4 is 12.7 Å². The highest BCUT2D eigenvalue weighted by Crippen LogP contribution is 2.53. The first-order chi connectivity index (χ1) is 13.5. The first-order valence-electron chi connectivity index (χ1n) is 9.24. The highest BCUT2D eigenvalue weighted by atomic mass is 31.2. The lowest BCUT2D eigenvalue weighted by molar-refractivity contribution is -0.148. The van der Waals surface area contributed by atoms with Gasteiger partial charge in [-0.05, 0) is 17.7 Å². The van der Waals surface area contributed by atoms with Gasteiger partial charge < -0.3 is 23.8 Å². The van der Waals surface area contributed by atoms with E-state index in [1.807, 2.05) is 48.5 Å². The molecule has 1 saturated heterocycles. The molecule has 0 aromatic heterocycles. The molecule has 1 heterocycles. The first kappa shape index (κ1) is 21.2. The smallest absolute Gasteiger partial charge is 0.237 e. The molecule has 3 unspecified atom stereocenters. The molecule has 152 valence electrons. The van der Waals surface area contributed by atoms with Gasteiger partial charge in [-0.25, -0.2) is 0 Å². The van der Waals surface area contributed by atoms with Crippen LogP contribution in [0.5, 0.6) is 0 Å². The Morgan fingerprint density at radius 2 is 1.68 bits per heavy atom. The van der Waals surface area contributed by atoms with E-state index in [2.05, 4.69) is 0 Å². The summed E-state index contributed by atoms with van der Waals surface area (Å²) in [5, 5.41) is 11.3. The summed E-state index contributed by atoms with van der Waals surface area (Å²) in [5.41, 5.74) is 0.426. The van der Waals surface area contributed by atoms with Crippen molar-refractivity contribution in [1.82, 2.24) is 0 Å². The van der Waals surface area contributed by atoms with Crippen LogP contribution in [0.3, 0.4) is 0 Å². The highest BCUT2D eigenvalue weighted by Gasteiger charge is 2.52. The van der Waals surface area contributed by atoms with Crippen molar-refractivity contribution in [3.63, 3.8) is 0 Å². The SMILES string of the molecule is COC1O[C@H](C(C)P(=O)(OC)c2ccccc2)[C@@H](OCc2ccccc2)[C@H]1O. The number of aliphatic hydroxyl groups excluding tert-OH is 1. The fraction of sp³-hybridized carbons (Fsp3) is 0.429. The zero-order valence-electron chi connectivity index (χ0n) is 16.3. The maximum atomic E-state index is 13.7. The van der Waals surface area contributed by atoms with Crippen LogP contribution in [0.4, 0.5) is 0 Å². The third-order valence-electron chi connectivity index (χ3n) is 5.15. The van der Waals surface area contributed by atoms with Crippen molar-refractivity contribution in [3.05, 3.63) is 66.2 Å². The Labute approximate surface area is 165 Å². The van der Waals surface area contributed by atoms with Gasteiger partial charge >= 0.3 is 0 Å². The van der Waals surface area contributed by atoms with Crippen LogP contribution < -0.4 is 5.30 Å². The summed E-state index contributed by atoms with van der Waals surface area (Å²) in [6.45, 7) is 2.10. The Bertz CT molecular complexity index is 784. The van der Waals surface area contributed by atoms with E-state index in [4.69, 9.17) is 18.7 Å². The summed E-state index contributed by atoms with van der Waals surface area (Å²) >= 11 is 0. The number of methoxy groups -OCH3 is 1. The van der Waals surface area contributed by atoms with Gasteiger partial charge in [-0.2, -0.15) is 0 Å². The molecule has 7 heteroatoms. The summed E-state index contributed by atoms with van der Waals surface area (Å²) in [5.74, 6) is 0. The van der Waals surface area contributed by atoms with E-state index >= 15 is 0 Å². The summed E-state index contributed by atoms with van der Waals surface area (Å²) in [7, 11) is -0.367. The molecular formula is C21H27O6P. The molecule has 1 aliphatic rings. The average Bonchev–Trinajstić information content (AvgIpc) is 3.07. The van der Waals surface area contributed by atoms with Crippen molar-refractivity contribution in [2.75, 3.05) is 14.2 Å². The standard InChI is InChI=1S/C21H27O6P/c1-15(28(23,25-3)17-12-8-5-9-13-17)19-20(18(22)21(24-2)27-19)26-14-16-10-6-4-7-11-16/h4-13,15,18-22H,14H2,1-3H3/t15?,18-,19-,20+,21?,28?/m1/s1. The lowest BCUT2D eigenvalue weighted by Gasteiger charge is -2.31. The van der Waals surface area contributed by atoms with Crippen LogP contribution in [0, 0.1) is 0 Å². The van der Waals surface area contributed by atoms with Crippen LogP contribution in [0.15, 0.2) is 60.7 Å². The van der Waals surface area contributed by atoms with Gasteiger partial charge in [0.1, 0.15) is 18.3 Å². The zero-order chi connectivity index (χ0) is 20.1. The largest absolute Gasteiger partial charge is 0.385 e. The second kappa shape index (κ2) is 9.31. The maximum absolute atomic E-state index is 13.7. The number of hydrogen-bond donors (Lipinski definition) is 1. The summed E-state index contributed by atoms with van der Waals surface area (Å²) in [6, 6.07) is 18.7. The van der Waals surface area contributed by atoms with Crippen molar-refractivity contribution in [2.24, 2.45) is 0 Å². The fourth-order valence-electron chi connectivity index (χ4n) is 3.54. The quantitative estimate of drug-likeness (QED) is 0.680. The number of benzene rings is 2. The molecule has 6 nitrogen and oxygen atoms in total. The zero-order valence-corrected chi connectivity index (χ0v) is 17.2. The molecule has 0 saturated carbocycles. The molecule has 0 spiro atoms. The van der Waals surface area contributed by atoms with Gasteiger partial charge in [0, 0.05) is 19.5 Å². The van der Waals surface area contributed by atoms with E-state index in [0.717, 1.165) is 5.56 Å². The van der Waals surface area contributed by atoms with Crippen molar-refractivity contribution in [3.8, 4) is 0 Å². The summed E-state index contributed by atoms with van der Waals surface area (Å²) < 4.78 is 36.4. The number of aliphatic hydroxyl groups is 1. The van der Waals surface area contributed by atoms with Crippen LogP contribution in [0.1, 0.15) is 12.5 Å². The molecule has 0 bridgehead atoms. The third-order valence-corrected chi connectivity index (χ3v) is 8.07. The Morgan fingerprint density at radius 1 is 1.07 bits per heavy atom. The first-order valence-corrected chi connectivity index (χ1v) is 10.9. The molecule has 6 atom stereocenters. The van der Waals surface area contributed by atoms with Crippen LogP contribution in [0.2, 0.25) is 0 Å². The lowest BCUT2D eigenvalue weighted by atomic mass is 10.1. The van der Waals surface area contributed by atoms with E-state index < -0.39 is 37.6 Å². The Kier molecular flexibility index (Phi) is 7.05. The van der Waals surface area contributed by atoms with E-state index in [0.29, 0.717) is 11.9 Å². The van der Waals surface area contributed by atoms with Gasteiger partial charge in [0.25, 0.3) is 0 Å². The van der Waals surface area contributed by atoms with Gasteiger partial charge in [0.05, 0.1) is 12.3 Å². The molecule has 1 fully saturated rings. The van der Waals surface area contributed by atoms with Gasteiger partial charge in [-0.15, -0.1) is 0 Å². The molecular weight excluding hydrogens is 379 g/mol. The molecule has 2 aromatic rings. The molecule has 0 amide bonds. The minimum Gasteiger partial charge on any atom is -0.385 e. The number of hydrogen-bond acceptors (Lipinski definition) is 6. The predicted molar refractivity (Wildman–Crippen MR) is 107 cm³/mol. The van der Waals surface area contributed by atoms with Crippen LogP contribution in [-0.2, 0) is 29.9 Å². The molecule has 0 aliphatic carbocycles. The minimum absolute atomic E-state index is 0.300. The molecule has 28 heavy (non-hydrogen) atoms. The van der Waals surface area contributed by atoms with Crippen LogP contribution in [0.25, 0.3) is 0 Å². The average molecular weight is 406 g/mol. The van der Waals surface area contributed by atoms with Crippen LogP contribution >= 0.6 is 7.37 Å². The normalized spacial score (nSPS) is 28.0. The van der Waals surface area contributed by atoms with E-state index in [1.165, 1.54) is 14.2 Å². The van der Waals surface area contributed by atoms with Gasteiger partial charge in [0.2, 0.25) is 7.37 Å². The van der Waals surface area contributed by atoms with E-state index in [-0.39, 0.29) is 0 Å². The highest BCUT2D eigenvalue weighted by molar-refractivity contribution is 7.67. The minimum atomic E-state index is -3.26. The molecule has 0 radical (unpaired) electrons. The van der Waals surface area contributed by atoms with Gasteiger partial charge in [0.15, 0.2) is 6.29 Å². The predicted octanol–water partition coefficient (Wildman–Crippen LogP) is 2.94. The maximum Gasteiger partial charge on any atom is 0.237 e. The second-order valence-electron chi connectivity index (χ2n) is 6.81.